The van der Waals surface area contributed by atoms with Crippen molar-refractivity contribution in [2.45, 2.75) is 36.6 Å². The van der Waals surface area contributed by atoms with Crippen LogP contribution >= 0.6 is 11.8 Å². The minimum absolute atomic E-state index is 0.203. The fraction of sp³-hybridized carbons (Fsp3) is 0.353. The van der Waals surface area contributed by atoms with Crippen LogP contribution in [0.4, 0.5) is 0 Å². The minimum Gasteiger partial charge on any atom is -0.411 e. The summed E-state index contributed by atoms with van der Waals surface area (Å²) in [6, 6.07) is 8.36. The quantitative estimate of drug-likeness (QED) is 0.523. The second-order valence-electron chi connectivity index (χ2n) is 5.71. The summed E-state index contributed by atoms with van der Waals surface area (Å²) in [5.41, 5.74) is 1.34. The summed E-state index contributed by atoms with van der Waals surface area (Å²) in [6.45, 7) is 6.26. The van der Waals surface area contributed by atoms with Crippen LogP contribution in [0.25, 0.3) is 11.5 Å². The van der Waals surface area contributed by atoms with Gasteiger partial charge in [0.15, 0.2) is 0 Å². The van der Waals surface area contributed by atoms with Gasteiger partial charge in [0.2, 0.25) is 15.9 Å². The lowest BCUT2D eigenvalue weighted by molar-refractivity contribution is 0.392. The Kier molecular flexibility index (Phi) is 5.98. The molecule has 3 rings (SSSR count). The van der Waals surface area contributed by atoms with Gasteiger partial charge in [0.1, 0.15) is 5.76 Å². The first kappa shape index (κ1) is 19.6. The van der Waals surface area contributed by atoms with E-state index in [0.29, 0.717) is 29.6 Å². The first-order valence-electron chi connectivity index (χ1n) is 8.43. The van der Waals surface area contributed by atoms with Crippen LogP contribution < -0.4 is 0 Å². The fourth-order valence-corrected chi connectivity index (χ4v) is 4.66. The molecule has 2 heterocycles. The van der Waals surface area contributed by atoms with Gasteiger partial charge in [-0.3, -0.25) is 0 Å². The zero-order valence-corrected chi connectivity index (χ0v) is 16.9. The van der Waals surface area contributed by atoms with E-state index < -0.39 is 10.0 Å². The van der Waals surface area contributed by atoms with Gasteiger partial charge in [0.25, 0.3) is 5.22 Å². The predicted octanol–water partition coefficient (Wildman–Crippen LogP) is 3.36. The Hall–Kier alpha value is -2.17. The highest BCUT2D eigenvalue weighted by Gasteiger charge is 2.22. The number of aromatic nitrogens is 3. The van der Waals surface area contributed by atoms with Crippen LogP contribution in [0.2, 0.25) is 0 Å². The van der Waals surface area contributed by atoms with Crippen LogP contribution in [0.1, 0.15) is 25.3 Å². The second-order valence-corrected chi connectivity index (χ2v) is 8.57. The molecule has 0 aliphatic rings. The average molecular weight is 409 g/mol. The Balaban J connectivity index is 1.78. The highest BCUT2D eigenvalue weighted by atomic mass is 32.2. The van der Waals surface area contributed by atoms with Crippen molar-refractivity contribution < 1.29 is 17.4 Å². The zero-order valence-electron chi connectivity index (χ0n) is 15.2. The summed E-state index contributed by atoms with van der Waals surface area (Å²) in [5, 5.41) is 12.3. The van der Waals surface area contributed by atoms with Gasteiger partial charge in [-0.25, -0.2) is 8.42 Å². The molecule has 10 heteroatoms. The predicted molar refractivity (Wildman–Crippen MR) is 101 cm³/mol. The number of rotatable bonds is 8. The number of thioether (sulfide) groups is 1. The Morgan fingerprint density at radius 2 is 1.93 bits per heavy atom. The van der Waals surface area contributed by atoms with E-state index in [0.717, 1.165) is 11.5 Å². The van der Waals surface area contributed by atoms with E-state index in [-0.39, 0.29) is 10.8 Å². The summed E-state index contributed by atoms with van der Waals surface area (Å²) < 4.78 is 37.4. The second kappa shape index (κ2) is 8.24. The van der Waals surface area contributed by atoms with E-state index in [1.54, 1.807) is 24.3 Å². The monoisotopic (exact) mass is 408 g/mol. The van der Waals surface area contributed by atoms with E-state index >= 15 is 0 Å². The lowest BCUT2D eigenvalue weighted by atomic mass is 10.2. The van der Waals surface area contributed by atoms with Gasteiger partial charge >= 0.3 is 0 Å². The Morgan fingerprint density at radius 3 is 2.59 bits per heavy atom. The number of aryl methyl sites for hydroxylation is 1. The maximum absolute atomic E-state index is 12.7. The Morgan fingerprint density at radius 1 is 1.15 bits per heavy atom. The number of nitrogens with zero attached hydrogens (tertiary/aromatic N) is 4. The zero-order chi connectivity index (χ0) is 19.4. The Bertz CT molecular complexity index is 1010. The summed E-state index contributed by atoms with van der Waals surface area (Å²) in [7, 11) is -3.55. The molecule has 2 aromatic heterocycles. The highest BCUT2D eigenvalue weighted by Crippen LogP contribution is 2.27. The molecule has 0 aliphatic heterocycles. The van der Waals surface area contributed by atoms with Crippen molar-refractivity contribution >= 4 is 21.8 Å². The van der Waals surface area contributed by atoms with Gasteiger partial charge in [-0.2, -0.15) is 4.31 Å². The molecule has 0 amide bonds. The average Bonchev–Trinajstić information content (AvgIpc) is 3.30. The molecule has 0 aliphatic carbocycles. The van der Waals surface area contributed by atoms with E-state index in [1.807, 2.05) is 26.8 Å². The highest BCUT2D eigenvalue weighted by molar-refractivity contribution is 7.98. The van der Waals surface area contributed by atoms with E-state index in [2.05, 4.69) is 15.4 Å². The molecule has 0 spiro atoms. The molecule has 8 nitrogen and oxygen atoms in total. The number of hydrogen-bond donors (Lipinski definition) is 0. The molecule has 144 valence electrons. The van der Waals surface area contributed by atoms with Gasteiger partial charge in [-0.15, -0.1) is 10.2 Å². The molecule has 0 atom stereocenters. The largest absolute Gasteiger partial charge is 0.411 e. The molecular weight excluding hydrogens is 388 g/mol. The van der Waals surface area contributed by atoms with Crippen molar-refractivity contribution in [1.82, 2.24) is 19.7 Å². The number of benzene rings is 1. The van der Waals surface area contributed by atoms with Gasteiger partial charge in [-0.1, -0.05) is 36.8 Å². The van der Waals surface area contributed by atoms with Crippen molar-refractivity contribution in [3.05, 3.63) is 41.8 Å². The van der Waals surface area contributed by atoms with Crippen molar-refractivity contribution in [2.24, 2.45) is 0 Å². The van der Waals surface area contributed by atoms with Gasteiger partial charge < -0.3 is 8.94 Å². The molecule has 0 radical (unpaired) electrons. The molecule has 0 bridgehead atoms. The first-order valence-corrected chi connectivity index (χ1v) is 10.9. The molecule has 0 saturated heterocycles. The summed E-state index contributed by atoms with van der Waals surface area (Å²) in [5.74, 6) is 1.54. The summed E-state index contributed by atoms with van der Waals surface area (Å²) >= 11 is 1.33. The topological polar surface area (TPSA) is 102 Å². The molecule has 0 N–H and O–H groups in total. The van der Waals surface area contributed by atoms with Crippen molar-refractivity contribution in [3.63, 3.8) is 0 Å². The van der Waals surface area contributed by atoms with Crippen LogP contribution in [0.15, 0.2) is 49.4 Å². The molecule has 1 aromatic carbocycles. The molecule has 0 unspecified atom stereocenters. The van der Waals surface area contributed by atoms with Gasteiger partial charge in [0.05, 0.1) is 10.6 Å². The van der Waals surface area contributed by atoms with Crippen molar-refractivity contribution in [1.29, 1.82) is 0 Å². The third kappa shape index (κ3) is 4.40. The normalized spacial score (nSPS) is 12.0. The maximum atomic E-state index is 12.7. The molecule has 0 fully saturated rings. The maximum Gasteiger partial charge on any atom is 0.277 e. The summed E-state index contributed by atoms with van der Waals surface area (Å²) in [4.78, 5) is 0.203. The number of sulfonamides is 1. The van der Waals surface area contributed by atoms with Crippen LogP contribution in [0.3, 0.4) is 0 Å². The fourth-order valence-electron chi connectivity index (χ4n) is 2.51. The van der Waals surface area contributed by atoms with Gasteiger partial charge in [0, 0.05) is 30.5 Å². The van der Waals surface area contributed by atoms with Crippen molar-refractivity contribution in [3.8, 4) is 11.5 Å². The third-order valence-electron chi connectivity index (χ3n) is 3.85. The SMILES string of the molecule is CCN(CC)S(=O)(=O)c1cccc(-c2nnc(SCc3cc(C)on3)o2)c1. The van der Waals surface area contributed by atoms with E-state index in [9.17, 15) is 8.42 Å². The lowest BCUT2D eigenvalue weighted by Gasteiger charge is -2.18. The smallest absolute Gasteiger partial charge is 0.277 e. The summed E-state index contributed by atoms with van der Waals surface area (Å²) in [6.07, 6.45) is 0. The minimum atomic E-state index is -3.55. The van der Waals surface area contributed by atoms with E-state index in [1.165, 1.54) is 16.1 Å². The van der Waals surface area contributed by atoms with Crippen LogP contribution in [-0.2, 0) is 15.8 Å². The standard InChI is InChI=1S/C17H20N4O4S2/c1-4-21(5-2)27(22,23)15-8-6-7-13(10-15)16-18-19-17(24-16)26-11-14-9-12(3)25-20-14/h6-10H,4-5,11H2,1-3H3. The lowest BCUT2D eigenvalue weighted by Crippen LogP contribution is -2.30. The molecule has 3 aromatic rings. The van der Waals surface area contributed by atoms with Crippen LogP contribution in [-0.4, -0.2) is 41.2 Å². The molecule has 27 heavy (non-hydrogen) atoms. The molecule has 0 saturated carbocycles. The first-order chi connectivity index (χ1) is 12.9. The van der Waals surface area contributed by atoms with Gasteiger partial charge in [-0.05, 0) is 25.1 Å². The van der Waals surface area contributed by atoms with Crippen LogP contribution in [0.5, 0.6) is 0 Å². The van der Waals surface area contributed by atoms with Crippen molar-refractivity contribution in [2.75, 3.05) is 13.1 Å². The van der Waals surface area contributed by atoms with E-state index in [4.69, 9.17) is 8.94 Å². The number of hydrogen-bond acceptors (Lipinski definition) is 8. The third-order valence-corrected chi connectivity index (χ3v) is 6.75. The Labute approximate surface area is 162 Å². The van der Waals surface area contributed by atoms with Crippen LogP contribution in [0, 0.1) is 6.92 Å². The molecular formula is C17H20N4O4S2.